The molecule has 26 heavy (non-hydrogen) atoms. The minimum atomic E-state index is -0.782. The number of carbonyl (C=O) groups excluding carboxylic acids is 2. The molecule has 0 unspecified atom stereocenters. The van der Waals surface area contributed by atoms with Gasteiger partial charge in [0.2, 0.25) is 5.91 Å². The number of carbonyl (C=O) groups is 2. The van der Waals surface area contributed by atoms with Gasteiger partial charge in [0.25, 0.3) is 0 Å². The monoisotopic (exact) mass is 365 g/mol. The van der Waals surface area contributed by atoms with Gasteiger partial charge in [-0.3, -0.25) is 4.79 Å². The molecule has 2 fully saturated rings. The molecule has 0 atom stereocenters. The summed E-state index contributed by atoms with van der Waals surface area (Å²) in [6.45, 7) is 1.87. The van der Waals surface area contributed by atoms with Gasteiger partial charge in [0.1, 0.15) is 11.6 Å². The van der Waals surface area contributed by atoms with E-state index >= 15 is 0 Å². The molecule has 0 spiro atoms. The summed E-state index contributed by atoms with van der Waals surface area (Å²) in [6.07, 6.45) is 5.81. The Bertz CT molecular complexity index is 656. The lowest BCUT2D eigenvalue weighted by Gasteiger charge is -2.32. The molecule has 7 heteroatoms. The van der Waals surface area contributed by atoms with Crippen molar-refractivity contribution in [3.05, 3.63) is 29.8 Å². The molecule has 3 rings (SSSR count). The van der Waals surface area contributed by atoms with E-state index in [9.17, 15) is 18.4 Å². The zero-order valence-electron chi connectivity index (χ0n) is 14.8. The lowest BCUT2D eigenvalue weighted by Crippen LogP contribution is -2.42. The van der Waals surface area contributed by atoms with Gasteiger partial charge in [-0.1, -0.05) is 6.42 Å². The maximum absolute atomic E-state index is 13.6. The van der Waals surface area contributed by atoms with Crippen LogP contribution in [0.3, 0.4) is 0 Å². The maximum atomic E-state index is 13.6. The minimum absolute atomic E-state index is 0.0165. The van der Waals surface area contributed by atoms with Gasteiger partial charge >= 0.3 is 6.03 Å². The Kier molecular flexibility index (Phi) is 6.06. The number of amides is 3. The third-order valence-electron chi connectivity index (χ3n) is 5.40. The number of benzene rings is 1. The van der Waals surface area contributed by atoms with Crippen LogP contribution in [0, 0.1) is 23.5 Å². The van der Waals surface area contributed by atoms with Crippen LogP contribution in [0.5, 0.6) is 0 Å². The van der Waals surface area contributed by atoms with E-state index in [1.165, 1.54) is 6.07 Å². The zero-order valence-corrected chi connectivity index (χ0v) is 14.8. The molecule has 1 heterocycles. The summed E-state index contributed by atoms with van der Waals surface area (Å²) < 4.78 is 26.5. The average Bonchev–Trinajstić information content (AvgIpc) is 2.56. The molecule has 1 aromatic carbocycles. The van der Waals surface area contributed by atoms with E-state index in [4.69, 9.17) is 0 Å². The number of hydrogen-bond donors (Lipinski definition) is 2. The third kappa shape index (κ3) is 4.71. The van der Waals surface area contributed by atoms with Gasteiger partial charge < -0.3 is 15.5 Å². The van der Waals surface area contributed by atoms with Crippen molar-refractivity contribution < 1.29 is 18.4 Å². The highest BCUT2D eigenvalue weighted by Gasteiger charge is 2.26. The fourth-order valence-corrected chi connectivity index (χ4v) is 3.42. The Morgan fingerprint density at radius 1 is 1.12 bits per heavy atom. The molecule has 0 radical (unpaired) electrons. The number of nitrogens with one attached hydrogen (secondary N) is 2. The van der Waals surface area contributed by atoms with Crippen LogP contribution in [0.15, 0.2) is 18.2 Å². The molecule has 2 aliphatic rings. The lowest BCUT2D eigenvalue weighted by atomic mass is 9.84. The molecule has 1 saturated carbocycles. The Balaban J connectivity index is 1.37. The number of halogens is 2. The van der Waals surface area contributed by atoms with Crippen molar-refractivity contribution in [3.63, 3.8) is 0 Å². The van der Waals surface area contributed by atoms with Gasteiger partial charge in [-0.25, -0.2) is 13.6 Å². The van der Waals surface area contributed by atoms with Crippen molar-refractivity contribution in [2.45, 2.75) is 38.5 Å². The third-order valence-corrected chi connectivity index (χ3v) is 5.40. The highest BCUT2D eigenvalue weighted by molar-refractivity contribution is 5.89. The first-order chi connectivity index (χ1) is 12.5. The van der Waals surface area contributed by atoms with E-state index in [0.717, 1.165) is 50.7 Å². The van der Waals surface area contributed by atoms with Crippen LogP contribution in [0.4, 0.5) is 19.3 Å². The van der Waals surface area contributed by atoms with E-state index in [0.29, 0.717) is 25.6 Å². The molecule has 1 aliphatic heterocycles. The molecule has 1 saturated heterocycles. The smallest absolute Gasteiger partial charge is 0.321 e. The normalized spacial score (nSPS) is 18.3. The van der Waals surface area contributed by atoms with Gasteiger partial charge in [0.05, 0.1) is 5.69 Å². The Morgan fingerprint density at radius 3 is 2.46 bits per heavy atom. The molecule has 142 valence electrons. The van der Waals surface area contributed by atoms with Gasteiger partial charge in [0, 0.05) is 31.6 Å². The fourth-order valence-electron chi connectivity index (χ4n) is 3.42. The van der Waals surface area contributed by atoms with E-state index in [-0.39, 0.29) is 23.5 Å². The second-order valence-electron chi connectivity index (χ2n) is 7.19. The highest BCUT2D eigenvalue weighted by atomic mass is 19.1. The molecular weight excluding hydrogens is 340 g/mol. The minimum Gasteiger partial charge on any atom is -0.356 e. The average molecular weight is 365 g/mol. The summed E-state index contributed by atoms with van der Waals surface area (Å²) >= 11 is 0. The van der Waals surface area contributed by atoms with Crippen molar-refractivity contribution in [2.24, 2.45) is 11.8 Å². The Hall–Kier alpha value is -2.18. The van der Waals surface area contributed by atoms with Crippen LogP contribution in [0.2, 0.25) is 0 Å². The number of urea groups is 1. The summed E-state index contributed by atoms with van der Waals surface area (Å²) in [5.41, 5.74) is -0.0165. The van der Waals surface area contributed by atoms with Crippen molar-refractivity contribution in [1.82, 2.24) is 10.2 Å². The topological polar surface area (TPSA) is 61.4 Å². The van der Waals surface area contributed by atoms with Crippen LogP contribution in [-0.2, 0) is 4.79 Å². The predicted octanol–water partition coefficient (Wildman–Crippen LogP) is 3.52. The first-order valence-corrected chi connectivity index (χ1v) is 9.31. The highest BCUT2D eigenvalue weighted by Crippen LogP contribution is 2.26. The zero-order chi connectivity index (χ0) is 18.5. The van der Waals surface area contributed by atoms with Crippen LogP contribution in [0.1, 0.15) is 38.5 Å². The fraction of sp³-hybridized carbons (Fsp3) is 0.579. The molecule has 1 aromatic rings. The lowest BCUT2D eigenvalue weighted by molar-refractivity contribution is -0.127. The summed E-state index contributed by atoms with van der Waals surface area (Å²) in [5, 5.41) is 5.50. The summed E-state index contributed by atoms with van der Waals surface area (Å²) in [6, 6.07) is 2.72. The van der Waals surface area contributed by atoms with E-state index < -0.39 is 11.6 Å². The molecule has 0 bridgehead atoms. The van der Waals surface area contributed by atoms with E-state index in [1.807, 2.05) is 0 Å². The predicted molar refractivity (Wildman–Crippen MR) is 94.6 cm³/mol. The summed E-state index contributed by atoms with van der Waals surface area (Å²) in [4.78, 5) is 25.7. The van der Waals surface area contributed by atoms with Crippen LogP contribution < -0.4 is 10.6 Å². The number of rotatable bonds is 5. The van der Waals surface area contributed by atoms with Crippen LogP contribution >= 0.6 is 0 Å². The second kappa shape index (κ2) is 8.47. The molecule has 1 aliphatic carbocycles. The van der Waals surface area contributed by atoms with Crippen LogP contribution in [-0.4, -0.2) is 36.5 Å². The molecular formula is C19H25F2N3O2. The van der Waals surface area contributed by atoms with E-state index in [1.54, 1.807) is 4.90 Å². The molecule has 0 aromatic heterocycles. The molecule has 2 N–H and O–H groups in total. The summed E-state index contributed by atoms with van der Waals surface area (Å²) in [7, 11) is 0. The van der Waals surface area contributed by atoms with Crippen molar-refractivity contribution in [1.29, 1.82) is 0 Å². The molecule has 3 amide bonds. The first-order valence-electron chi connectivity index (χ1n) is 9.31. The second-order valence-corrected chi connectivity index (χ2v) is 7.19. The van der Waals surface area contributed by atoms with Crippen molar-refractivity contribution in [3.8, 4) is 0 Å². The van der Waals surface area contributed by atoms with Crippen molar-refractivity contribution >= 4 is 17.6 Å². The van der Waals surface area contributed by atoms with Gasteiger partial charge in [0.15, 0.2) is 0 Å². The van der Waals surface area contributed by atoms with Crippen LogP contribution in [0.25, 0.3) is 0 Å². The number of piperidine rings is 1. The number of likely N-dealkylation sites (tertiary alicyclic amines) is 1. The van der Waals surface area contributed by atoms with E-state index in [2.05, 4.69) is 10.6 Å². The molecule has 5 nitrogen and oxygen atoms in total. The standard InChI is InChI=1S/C19H25F2N3O2/c20-15-4-5-17(16(21)12-15)23-19(26)24-10-7-13(8-11-24)6-9-22-18(25)14-2-1-3-14/h4-5,12-14H,1-3,6-11H2,(H,22,25)(H,23,26). The number of hydrogen-bond acceptors (Lipinski definition) is 2. The number of anilines is 1. The SMILES string of the molecule is O=C(NCCC1CCN(C(=O)Nc2ccc(F)cc2F)CC1)C1CCC1. The Morgan fingerprint density at radius 2 is 1.85 bits per heavy atom. The Labute approximate surface area is 152 Å². The number of nitrogens with zero attached hydrogens (tertiary/aromatic N) is 1. The largest absolute Gasteiger partial charge is 0.356 e. The van der Waals surface area contributed by atoms with Crippen molar-refractivity contribution in [2.75, 3.05) is 25.0 Å². The quantitative estimate of drug-likeness (QED) is 0.839. The van der Waals surface area contributed by atoms with Gasteiger partial charge in [-0.15, -0.1) is 0 Å². The first kappa shape index (κ1) is 18.6. The van der Waals surface area contributed by atoms with Gasteiger partial charge in [-0.2, -0.15) is 0 Å². The van der Waals surface area contributed by atoms with Gasteiger partial charge in [-0.05, 0) is 50.2 Å². The maximum Gasteiger partial charge on any atom is 0.321 e. The summed E-state index contributed by atoms with van der Waals surface area (Å²) in [5.74, 6) is -0.591.